The first kappa shape index (κ1) is 17.3. The van der Waals surface area contributed by atoms with Crippen LogP contribution in [0.1, 0.15) is 11.1 Å². The third-order valence-electron chi connectivity index (χ3n) is 5.44. The van der Waals surface area contributed by atoms with Crippen LogP contribution < -0.4 is 0 Å². The average Bonchev–Trinajstić information content (AvgIpc) is 3.07. The van der Waals surface area contributed by atoms with Gasteiger partial charge >= 0.3 is 0 Å². The third kappa shape index (κ3) is 2.68. The molecular weight excluding hydrogens is 408 g/mol. The van der Waals surface area contributed by atoms with E-state index in [9.17, 15) is 0 Å². The summed E-state index contributed by atoms with van der Waals surface area (Å²) in [7, 11) is 0. The Kier molecular flexibility index (Phi) is 4.10. The van der Waals surface area contributed by atoms with E-state index in [1.165, 1.54) is 33.4 Å². The van der Waals surface area contributed by atoms with E-state index in [1.807, 2.05) is 12.1 Å². The van der Waals surface area contributed by atoms with Gasteiger partial charge in [-0.2, -0.15) is 0 Å². The highest BCUT2D eigenvalue weighted by Gasteiger charge is 2.15. The van der Waals surface area contributed by atoms with Crippen molar-refractivity contribution in [3.05, 3.63) is 94.5 Å². The Morgan fingerprint density at radius 2 is 1.43 bits per heavy atom. The molecule has 0 spiro atoms. The van der Waals surface area contributed by atoms with E-state index in [-0.39, 0.29) is 0 Å². The molecule has 0 unspecified atom stereocenters. The molecule has 0 fully saturated rings. The van der Waals surface area contributed by atoms with Crippen molar-refractivity contribution in [2.24, 2.45) is 0 Å². The summed E-state index contributed by atoms with van der Waals surface area (Å²) in [4.78, 5) is 0. The molecule has 0 saturated heterocycles. The highest BCUT2D eigenvalue weighted by atomic mass is 79.9. The lowest BCUT2D eigenvalue weighted by Crippen LogP contribution is -1.91. The van der Waals surface area contributed by atoms with Gasteiger partial charge in [-0.05, 0) is 71.5 Å². The Morgan fingerprint density at radius 3 is 2.29 bits per heavy atom. The summed E-state index contributed by atoms with van der Waals surface area (Å²) in [6, 6.07) is 27.7. The van der Waals surface area contributed by atoms with E-state index in [0.717, 1.165) is 26.4 Å². The van der Waals surface area contributed by atoms with Crippen molar-refractivity contribution in [1.29, 1.82) is 0 Å². The van der Waals surface area contributed by atoms with Crippen LogP contribution in [-0.2, 0) is 0 Å². The molecule has 1 heterocycles. The molecule has 0 bridgehead atoms. The van der Waals surface area contributed by atoms with Gasteiger partial charge in [-0.15, -0.1) is 0 Å². The van der Waals surface area contributed by atoms with Crippen LogP contribution in [0.3, 0.4) is 0 Å². The molecule has 5 aromatic rings. The minimum Gasteiger partial charge on any atom is -0.456 e. The fraction of sp³-hybridized carbons (Fsp3) is 0.0769. The standard InChI is InChI=1S/C26H19BrO/c1-16-7-3-4-9-19(16)25-17(2)8-5-10-20(25)18-13-14-23-21(15-18)26-22(27)11-6-12-24(26)28-23/h3-15H,1-2H3. The molecule has 1 nitrogen and oxygen atoms in total. The molecule has 0 aliphatic carbocycles. The predicted molar refractivity (Wildman–Crippen MR) is 122 cm³/mol. The molecule has 0 atom stereocenters. The molecule has 0 aliphatic rings. The number of rotatable bonds is 2. The summed E-state index contributed by atoms with van der Waals surface area (Å²) in [5, 5.41) is 2.27. The lowest BCUT2D eigenvalue weighted by Gasteiger charge is -2.15. The smallest absolute Gasteiger partial charge is 0.136 e. The second-order valence-electron chi connectivity index (χ2n) is 7.24. The predicted octanol–water partition coefficient (Wildman–Crippen LogP) is 8.30. The molecule has 0 N–H and O–H groups in total. The Hall–Kier alpha value is -2.84. The van der Waals surface area contributed by atoms with Gasteiger partial charge in [0.25, 0.3) is 0 Å². The Labute approximate surface area is 172 Å². The van der Waals surface area contributed by atoms with Gasteiger partial charge in [-0.25, -0.2) is 0 Å². The van der Waals surface area contributed by atoms with Gasteiger partial charge in [0.2, 0.25) is 0 Å². The fourth-order valence-corrected chi connectivity index (χ4v) is 4.63. The summed E-state index contributed by atoms with van der Waals surface area (Å²) >= 11 is 3.69. The van der Waals surface area contributed by atoms with E-state index < -0.39 is 0 Å². The zero-order valence-electron chi connectivity index (χ0n) is 15.8. The number of fused-ring (bicyclic) bond motifs is 3. The number of aryl methyl sites for hydroxylation is 2. The maximum Gasteiger partial charge on any atom is 0.136 e. The summed E-state index contributed by atoms with van der Waals surface area (Å²) < 4.78 is 7.11. The van der Waals surface area contributed by atoms with Gasteiger partial charge in [-0.1, -0.05) is 70.5 Å². The van der Waals surface area contributed by atoms with E-state index in [1.54, 1.807) is 0 Å². The van der Waals surface area contributed by atoms with Gasteiger partial charge in [-0.3, -0.25) is 0 Å². The van der Waals surface area contributed by atoms with Gasteiger partial charge < -0.3 is 4.42 Å². The van der Waals surface area contributed by atoms with Crippen LogP contribution in [0.2, 0.25) is 0 Å². The molecule has 0 radical (unpaired) electrons. The van der Waals surface area contributed by atoms with E-state index in [0.29, 0.717) is 0 Å². The summed E-state index contributed by atoms with van der Waals surface area (Å²) in [5.74, 6) is 0. The maximum atomic E-state index is 6.05. The number of furan rings is 1. The molecule has 136 valence electrons. The number of hydrogen-bond acceptors (Lipinski definition) is 1. The van der Waals surface area contributed by atoms with Crippen LogP contribution >= 0.6 is 15.9 Å². The first-order chi connectivity index (χ1) is 13.6. The van der Waals surface area contributed by atoms with Gasteiger partial charge in [0.05, 0.1) is 0 Å². The highest BCUT2D eigenvalue weighted by molar-refractivity contribution is 9.10. The Bertz CT molecular complexity index is 1340. The normalized spacial score (nSPS) is 11.4. The topological polar surface area (TPSA) is 13.1 Å². The molecule has 0 amide bonds. The average molecular weight is 427 g/mol. The monoisotopic (exact) mass is 426 g/mol. The van der Waals surface area contributed by atoms with Crippen LogP contribution in [0.4, 0.5) is 0 Å². The first-order valence-corrected chi connectivity index (χ1v) is 10.2. The second-order valence-corrected chi connectivity index (χ2v) is 8.09. The highest BCUT2D eigenvalue weighted by Crippen LogP contribution is 2.40. The van der Waals surface area contributed by atoms with E-state index >= 15 is 0 Å². The summed E-state index contributed by atoms with van der Waals surface area (Å²) in [5.41, 5.74) is 9.42. The molecule has 5 rings (SSSR count). The lowest BCUT2D eigenvalue weighted by molar-refractivity contribution is 0.669. The maximum absolute atomic E-state index is 6.05. The molecular formula is C26H19BrO. The zero-order chi connectivity index (χ0) is 19.3. The van der Waals surface area contributed by atoms with Crippen molar-refractivity contribution >= 4 is 37.9 Å². The largest absolute Gasteiger partial charge is 0.456 e. The van der Waals surface area contributed by atoms with Crippen molar-refractivity contribution in [3.63, 3.8) is 0 Å². The van der Waals surface area contributed by atoms with E-state index in [4.69, 9.17) is 4.42 Å². The molecule has 2 heteroatoms. The number of halogens is 1. The Morgan fingerprint density at radius 1 is 0.679 bits per heavy atom. The first-order valence-electron chi connectivity index (χ1n) is 9.40. The van der Waals surface area contributed by atoms with Gasteiger partial charge in [0.1, 0.15) is 11.2 Å². The minimum atomic E-state index is 0.907. The SMILES string of the molecule is Cc1ccccc1-c1c(C)cccc1-c1ccc2oc3cccc(Br)c3c2c1. The minimum absolute atomic E-state index is 0.907. The molecule has 4 aromatic carbocycles. The number of hydrogen-bond donors (Lipinski definition) is 0. The zero-order valence-corrected chi connectivity index (χ0v) is 17.4. The van der Waals surface area contributed by atoms with Crippen molar-refractivity contribution in [1.82, 2.24) is 0 Å². The van der Waals surface area contributed by atoms with Crippen molar-refractivity contribution in [2.75, 3.05) is 0 Å². The quantitative estimate of drug-likeness (QED) is 0.276. The molecule has 0 aliphatic heterocycles. The summed E-state index contributed by atoms with van der Waals surface area (Å²) in [6.07, 6.45) is 0. The molecule has 28 heavy (non-hydrogen) atoms. The van der Waals surface area contributed by atoms with Gasteiger partial charge in [0, 0.05) is 15.2 Å². The van der Waals surface area contributed by atoms with E-state index in [2.05, 4.69) is 96.5 Å². The molecule has 1 aromatic heterocycles. The van der Waals surface area contributed by atoms with Crippen molar-refractivity contribution in [2.45, 2.75) is 13.8 Å². The summed E-state index contributed by atoms with van der Waals surface area (Å²) in [6.45, 7) is 4.36. The van der Waals surface area contributed by atoms with Crippen molar-refractivity contribution < 1.29 is 4.42 Å². The van der Waals surface area contributed by atoms with Crippen LogP contribution in [0.15, 0.2) is 87.8 Å². The number of benzene rings is 4. The van der Waals surface area contributed by atoms with Crippen LogP contribution in [0, 0.1) is 13.8 Å². The van der Waals surface area contributed by atoms with Crippen LogP contribution in [0.25, 0.3) is 44.2 Å². The Balaban J connectivity index is 1.81. The fourth-order valence-electron chi connectivity index (χ4n) is 4.07. The molecule has 0 saturated carbocycles. The van der Waals surface area contributed by atoms with Crippen LogP contribution in [-0.4, -0.2) is 0 Å². The van der Waals surface area contributed by atoms with Crippen molar-refractivity contribution in [3.8, 4) is 22.3 Å². The van der Waals surface area contributed by atoms with Gasteiger partial charge in [0.15, 0.2) is 0 Å². The third-order valence-corrected chi connectivity index (χ3v) is 6.10. The van der Waals surface area contributed by atoms with Crippen LogP contribution in [0.5, 0.6) is 0 Å². The lowest BCUT2D eigenvalue weighted by atomic mass is 9.88. The second kappa shape index (κ2) is 6.65.